The summed E-state index contributed by atoms with van der Waals surface area (Å²) in [5, 5.41) is 8.75. The lowest BCUT2D eigenvalue weighted by Gasteiger charge is -2.19. The third kappa shape index (κ3) is 9.03. The van der Waals surface area contributed by atoms with E-state index in [0.29, 0.717) is 66.8 Å². The van der Waals surface area contributed by atoms with Crippen LogP contribution in [-0.2, 0) is 0 Å². The Morgan fingerprint density at radius 3 is 0.804 bits per heavy atom. The van der Waals surface area contributed by atoms with Gasteiger partial charge in [0.25, 0.3) is 0 Å². The van der Waals surface area contributed by atoms with Crippen LogP contribution >= 0.6 is 0 Å². The summed E-state index contributed by atoms with van der Waals surface area (Å²) in [4.78, 5) is 0. The van der Waals surface area contributed by atoms with E-state index >= 15 is 0 Å². The monoisotopic (exact) mass is 1180 g/mol. The van der Waals surface area contributed by atoms with Crippen molar-refractivity contribution in [2.75, 3.05) is 0 Å². The van der Waals surface area contributed by atoms with Crippen LogP contribution in [0, 0.1) is 0 Å². The third-order valence-corrected chi connectivity index (χ3v) is 17.7. The highest BCUT2D eigenvalue weighted by Gasteiger charge is 2.22. The SMILES string of the molecule is [2H]c1c([2H])c([2H])c2c(-c3ccc4oc5cc6ccccc6cc5c4c3)c3c([2H])c([2H])c([2H])c([2H])c3c(-c3cc(-c4ccccc4)cc(-c4ccccc4)c3)c2c1[2H].[2H]c1c([2H])c([2H])c2c(-c3ccc4oc5cc6ccccc6cc5c4c3)c3c([2H])c([2H])c([2H])c([2H])c3c(-c3ccc(-c4ccccc4)cc3)c2c1[2H]. The van der Waals surface area contributed by atoms with Crippen LogP contribution in [0.1, 0.15) is 21.9 Å². The van der Waals surface area contributed by atoms with Crippen LogP contribution in [0.15, 0.2) is 348 Å². The van der Waals surface area contributed by atoms with Crippen molar-refractivity contribution in [3.8, 4) is 77.9 Å². The van der Waals surface area contributed by atoms with Crippen LogP contribution in [0.5, 0.6) is 0 Å². The molecule has 0 amide bonds. The van der Waals surface area contributed by atoms with E-state index in [0.717, 1.165) is 76.5 Å². The average Bonchev–Trinajstić information content (AvgIpc) is 0.773. The van der Waals surface area contributed by atoms with E-state index in [2.05, 4.69) is 18.2 Å². The second-order valence-electron chi connectivity index (χ2n) is 23.0. The number of fused-ring (bicyclic) bond motifs is 12. The lowest BCUT2D eigenvalue weighted by atomic mass is 9.84. The normalized spacial score (nSPS) is 14.1. The van der Waals surface area contributed by atoms with E-state index < -0.39 is 48.3 Å². The van der Waals surface area contributed by atoms with Gasteiger partial charge in [0.2, 0.25) is 0 Å². The van der Waals surface area contributed by atoms with E-state index in [1.165, 1.54) is 0 Å². The Hall–Kier alpha value is -12.1. The lowest BCUT2D eigenvalue weighted by Crippen LogP contribution is -1.92. The maximum atomic E-state index is 9.50. The summed E-state index contributed by atoms with van der Waals surface area (Å²) >= 11 is 0. The zero-order valence-corrected chi connectivity index (χ0v) is 48.9. The van der Waals surface area contributed by atoms with E-state index in [9.17, 15) is 11.0 Å². The predicted octanol–water partition coefficient (Wildman–Crippen LogP) is 25.8. The van der Waals surface area contributed by atoms with Crippen molar-refractivity contribution in [2.24, 2.45) is 0 Å². The highest BCUT2D eigenvalue weighted by Crippen LogP contribution is 2.49. The van der Waals surface area contributed by atoms with Crippen LogP contribution in [0.25, 0.3) is 186 Å². The van der Waals surface area contributed by atoms with Crippen molar-refractivity contribution in [2.45, 2.75) is 0 Å². The molecule has 0 saturated heterocycles. The van der Waals surface area contributed by atoms with Crippen LogP contribution in [0.4, 0.5) is 0 Å². The highest BCUT2D eigenvalue weighted by atomic mass is 16.3. The Balaban J connectivity index is 0.000000153. The summed E-state index contributed by atoms with van der Waals surface area (Å²) < 4.78 is 158. The van der Waals surface area contributed by atoms with E-state index in [1.807, 2.05) is 206 Å². The summed E-state index contributed by atoms with van der Waals surface area (Å²) in [6.45, 7) is 0. The zero-order valence-electron chi connectivity index (χ0n) is 64.9. The first kappa shape index (κ1) is 39.0. The highest BCUT2D eigenvalue weighted by molar-refractivity contribution is 6.24. The number of furan rings is 2. The van der Waals surface area contributed by atoms with Gasteiger partial charge in [-0.3, -0.25) is 0 Å². The van der Waals surface area contributed by atoms with E-state index in [1.54, 1.807) is 18.2 Å². The molecule has 0 aliphatic heterocycles. The molecule has 2 nitrogen and oxygen atoms in total. The number of rotatable bonds is 7. The molecule has 0 N–H and O–H groups in total. The van der Waals surface area contributed by atoms with Gasteiger partial charge in [-0.15, -0.1) is 0 Å². The molecule has 17 aromatic carbocycles. The molecule has 0 radical (unpaired) electrons. The minimum Gasteiger partial charge on any atom is -0.456 e. The van der Waals surface area contributed by atoms with Crippen molar-refractivity contribution >= 4 is 109 Å². The molecule has 0 aliphatic carbocycles. The van der Waals surface area contributed by atoms with Crippen molar-refractivity contribution in [3.05, 3.63) is 339 Å². The first-order chi connectivity index (χ1) is 52.2. The van der Waals surface area contributed by atoms with Gasteiger partial charge in [-0.1, -0.05) is 273 Å². The molecular weight excluding hydrogens is 1110 g/mol. The fourth-order valence-corrected chi connectivity index (χ4v) is 13.5. The van der Waals surface area contributed by atoms with Gasteiger partial charge >= 0.3 is 0 Å². The van der Waals surface area contributed by atoms with Crippen molar-refractivity contribution in [1.82, 2.24) is 0 Å². The molecule has 2 heteroatoms. The molecule has 0 saturated carbocycles. The molecule has 0 spiro atoms. The third-order valence-electron chi connectivity index (χ3n) is 17.7. The van der Waals surface area contributed by atoms with Gasteiger partial charge in [0.1, 0.15) is 22.3 Å². The molecule has 2 heterocycles. The molecular formula is C90H56O2. The fraction of sp³-hybridized carbons (Fsp3) is 0. The maximum absolute atomic E-state index is 9.50. The van der Waals surface area contributed by atoms with Gasteiger partial charge in [0, 0.05) is 21.5 Å². The average molecular weight is 1190 g/mol. The molecule has 0 fully saturated rings. The zero-order chi connectivity index (χ0) is 74.6. The number of benzene rings is 17. The summed E-state index contributed by atoms with van der Waals surface area (Å²) in [5.41, 5.74) is 11.4. The second-order valence-corrected chi connectivity index (χ2v) is 23.0. The van der Waals surface area contributed by atoms with Crippen molar-refractivity contribution in [1.29, 1.82) is 0 Å². The van der Waals surface area contributed by atoms with Crippen molar-refractivity contribution < 1.29 is 30.8 Å². The Labute approximate surface area is 554 Å². The first-order valence-electron chi connectivity index (χ1n) is 38.3. The van der Waals surface area contributed by atoms with Crippen LogP contribution in [0.3, 0.4) is 0 Å². The summed E-state index contributed by atoms with van der Waals surface area (Å²) in [6, 6.07) is 72.1. The molecule has 2 aromatic heterocycles. The molecule has 428 valence electrons. The maximum Gasteiger partial charge on any atom is 0.136 e. The topological polar surface area (TPSA) is 26.3 Å². The van der Waals surface area contributed by atoms with Gasteiger partial charge in [0.05, 0.1) is 21.9 Å². The summed E-state index contributed by atoms with van der Waals surface area (Å²) in [7, 11) is 0. The van der Waals surface area contributed by atoms with Gasteiger partial charge in [-0.2, -0.15) is 0 Å². The molecule has 19 aromatic rings. The van der Waals surface area contributed by atoms with Gasteiger partial charge in [0.15, 0.2) is 0 Å². The number of hydrogen-bond donors (Lipinski definition) is 0. The molecule has 0 atom stereocenters. The Morgan fingerprint density at radius 1 is 0.174 bits per heavy atom. The predicted molar refractivity (Wildman–Crippen MR) is 391 cm³/mol. The first-order valence-corrected chi connectivity index (χ1v) is 30.3. The van der Waals surface area contributed by atoms with E-state index in [4.69, 9.17) is 19.8 Å². The number of hydrogen-bond acceptors (Lipinski definition) is 2. The molecule has 92 heavy (non-hydrogen) atoms. The van der Waals surface area contributed by atoms with Crippen LogP contribution in [0.2, 0.25) is 0 Å². The Bertz CT molecular complexity index is 6880. The molecule has 0 aliphatic rings. The summed E-state index contributed by atoms with van der Waals surface area (Å²) in [5.74, 6) is 0. The molecule has 19 rings (SSSR count). The van der Waals surface area contributed by atoms with Gasteiger partial charge in [-0.25, -0.2) is 0 Å². The van der Waals surface area contributed by atoms with Gasteiger partial charge < -0.3 is 8.83 Å². The Kier molecular flexibility index (Phi) is 9.28. The van der Waals surface area contributed by atoms with Crippen molar-refractivity contribution in [3.63, 3.8) is 0 Å². The second kappa shape index (κ2) is 21.9. The quantitative estimate of drug-likeness (QED) is 0.149. The summed E-state index contributed by atoms with van der Waals surface area (Å²) in [6.07, 6.45) is 0. The minimum atomic E-state index is -0.441. The van der Waals surface area contributed by atoms with E-state index in [-0.39, 0.29) is 91.4 Å². The lowest BCUT2D eigenvalue weighted by molar-refractivity contribution is 0.669. The molecule has 0 bridgehead atoms. The Morgan fingerprint density at radius 2 is 0.435 bits per heavy atom. The van der Waals surface area contributed by atoms with Crippen LogP contribution in [-0.4, -0.2) is 0 Å². The molecule has 0 unspecified atom stereocenters. The van der Waals surface area contributed by atoms with Crippen LogP contribution < -0.4 is 0 Å². The van der Waals surface area contributed by atoms with Gasteiger partial charge in [-0.05, 0) is 209 Å². The standard InChI is InChI=1S/C48H30O.C42H26O/c1-3-13-31(14-4-1)36-25-37(32-15-5-2-6-16-32)27-38(26-36)48-41-21-11-9-19-39(41)47(40-20-10-12-22-42(40)48)35-23-24-45-43(29-35)44-28-33-17-7-8-18-34(33)30-46(44)49-45;1-2-10-27(11-3-1)28-18-20-29(21-19-28)41-33-14-6-8-16-35(33)42(36-17-9-7-15-34(36)41)32-22-23-39-37(25-32)38-24-30-12-4-5-13-31(30)26-40(38)43-39/h1-30H;1-26H/i9D,10D,11D,12D,19D,20D,21D,22D;6D,7D,8D,9D,14D,15D,16D,17D. The minimum absolute atomic E-state index is 0.164. The fourth-order valence-electron chi connectivity index (χ4n) is 13.5. The largest absolute Gasteiger partial charge is 0.456 e. The smallest absolute Gasteiger partial charge is 0.136 e.